The molecule has 2 rings (SSSR count). The molecule has 0 spiro atoms. The molecule has 2 aliphatic rings. The molecule has 12 heteroatoms. The monoisotopic (exact) mass is 344 g/mol. The van der Waals surface area contributed by atoms with E-state index in [2.05, 4.69) is 20.6 Å². The molecule has 0 saturated heterocycles. The standard InChI is InChI=1S/2C6H12N4O2/c2*7-4(5(11)12)1-3-2-9-6(8)10-3/h2*3-4H,1-2,7H2,(H,11,12)(H3,8,9,10)/t3-,4+;3-,4-/m01/s1. The summed E-state index contributed by atoms with van der Waals surface area (Å²) < 4.78 is 0. The fourth-order valence-electron chi connectivity index (χ4n) is 2.10. The maximum atomic E-state index is 10.3. The van der Waals surface area contributed by atoms with E-state index >= 15 is 0 Å². The van der Waals surface area contributed by atoms with Gasteiger partial charge in [-0.1, -0.05) is 0 Å². The lowest BCUT2D eigenvalue weighted by atomic mass is 10.1. The molecule has 12 N–H and O–H groups in total. The molecule has 2 aliphatic heterocycles. The summed E-state index contributed by atoms with van der Waals surface area (Å²) in [5.41, 5.74) is 21.3. The van der Waals surface area contributed by atoms with Crippen molar-refractivity contribution in [1.29, 1.82) is 0 Å². The van der Waals surface area contributed by atoms with Crippen molar-refractivity contribution in [3.8, 4) is 0 Å². The van der Waals surface area contributed by atoms with E-state index in [4.69, 9.17) is 33.1 Å². The van der Waals surface area contributed by atoms with Gasteiger partial charge in [0.1, 0.15) is 12.1 Å². The maximum absolute atomic E-state index is 10.3. The second kappa shape index (κ2) is 8.88. The molecule has 0 aromatic heterocycles. The Morgan fingerprint density at radius 1 is 0.958 bits per heavy atom. The van der Waals surface area contributed by atoms with Crippen LogP contribution in [0.3, 0.4) is 0 Å². The summed E-state index contributed by atoms with van der Waals surface area (Å²) in [5.74, 6) is -1.28. The SMILES string of the molecule is NC1=NC[C@@H](C[C@@H](N)C(=O)O)N1.NC1=NC[C@H](C[C@@H](N)C(=O)O)N1. The number of carboxylic acids is 2. The van der Waals surface area contributed by atoms with Crippen LogP contribution in [0.5, 0.6) is 0 Å². The first kappa shape index (κ1) is 19.4. The van der Waals surface area contributed by atoms with Crippen molar-refractivity contribution < 1.29 is 19.8 Å². The van der Waals surface area contributed by atoms with Crippen molar-refractivity contribution in [2.75, 3.05) is 13.1 Å². The number of hydrogen-bond donors (Lipinski definition) is 8. The lowest BCUT2D eigenvalue weighted by molar-refractivity contribution is -0.139. The third-order valence-corrected chi connectivity index (χ3v) is 3.38. The molecule has 0 aromatic rings. The van der Waals surface area contributed by atoms with E-state index in [0.717, 1.165) is 0 Å². The smallest absolute Gasteiger partial charge is 0.320 e. The summed E-state index contributed by atoms with van der Waals surface area (Å²) in [6.45, 7) is 1.01. The van der Waals surface area contributed by atoms with Crippen molar-refractivity contribution >= 4 is 23.9 Å². The number of nitrogens with zero attached hydrogens (tertiary/aromatic N) is 2. The Hall–Kier alpha value is -2.60. The van der Waals surface area contributed by atoms with Crippen LogP contribution in [0, 0.1) is 0 Å². The van der Waals surface area contributed by atoms with Crippen LogP contribution in [0.2, 0.25) is 0 Å². The van der Waals surface area contributed by atoms with Gasteiger partial charge in [0.25, 0.3) is 0 Å². The van der Waals surface area contributed by atoms with Gasteiger partial charge in [0.05, 0.1) is 25.2 Å². The van der Waals surface area contributed by atoms with E-state index in [9.17, 15) is 9.59 Å². The van der Waals surface area contributed by atoms with Crippen LogP contribution in [0.15, 0.2) is 9.98 Å². The van der Waals surface area contributed by atoms with E-state index in [1.54, 1.807) is 0 Å². The number of carboxylic acid groups (broad SMARTS) is 2. The minimum atomic E-state index is -0.998. The lowest BCUT2D eigenvalue weighted by Gasteiger charge is -2.12. The van der Waals surface area contributed by atoms with Crippen molar-refractivity contribution in [3.05, 3.63) is 0 Å². The van der Waals surface area contributed by atoms with Gasteiger partial charge in [-0.15, -0.1) is 0 Å². The maximum Gasteiger partial charge on any atom is 0.320 e. The molecule has 2 heterocycles. The lowest BCUT2D eigenvalue weighted by Crippen LogP contribution is -2.41. The van der Waals surface area contributed by atoms with Crippen LogP contribution in [-0.4, -0.2) is 71.3 Å². The molecule has 0 unspecified atom stereocenters. The van der Waals surface area contributed by atoms with Crippen LogP contribution in [0.4, 0.5) is 0 Å². The molecule has 24 heavy (non-hydrogen) atoms. The molecule has 0 saturated carbocycles. The Kier molecular flexibility index (Phi) is 7.20. The summed E-state index contributed by atoms with van der Waals surface area (Å²) >= 11 is 0. The highest BCUT2D eigenvalue weighted by Crippen LogP contribution is 2.02. The highest BCUT2D eigenvalue weighted by molar-refractivity contribution is 5.80. The number of nitrogens with one attached hydrogen (secondary N) is 2. The first-order valence-corrected chi connectivity index (χ1v) is 7.28. The Balaban J connectivity index is 0.000000240. The number of rotatable bonds is 6. The van der Waals surface area contributed by atoms with Crippen LogP contribution >= 0.6 is 0 Å². The predicted octanol–water partition coefficient (Wildman–Crippen LogP) is -3.85. The normalized spacial score (nSPS) is 24.4. The highest BCUT2D eigenvalue weighted by Gasteiger charge is 2.22. The van der Waals surface area contributed by atoms with E-state index in [0.29, 0.717) is 37.9 Å². The quantitative estimate of drug-likeness (QED) is 0.234. The highest BCUT2D eigenvalue weighted by atomic mass is 16.4. The zero-order valence-corrected chi connectivity index (χ0v) is 13.1. The zero-order chi connectivity index (χ0) is 18.3. The molecule has 0 fully saturated rings. The van der Waals surface area contributed by atoms with Crippen LogP contribution < -0.4 is 33.6 Å². The van der Waals surface area contributed by atoms with Gasteiger partial charge < -0.3 is 43.8 Å². The van der Waals surface area contributed by atoms with Crippen molar-refractivity contribution in [2.45, 2.75) is 37.0 Å². The van der Waals surface area contributed by atoms with Crippen LogP contribution in [-0.2, 0) is 9.59 Å². The molecule has 0 bridgehead atoms. The van der Waals surface area contributed by atoms with E-state index in [1.807, 2.05) is 0 Å². The summed E-state index contributed by atoms with van der Waals surface area (Å²) in [5, 5.41) is 22.6. The Morgan fingerprint density at radius 2 is 1.29 bits per heavy atom. The average Bonchev–Trinajstić information content (AvgIpc) is 3.08. The minimum absolute atomic E-state index is 0.0314. The van der Waals surface area contributed by atoms with Crippen molar-refractivity contribution in [1.82, 2.24) is 10.6 Å². The minimum Gasteiger partial charge on any atom is -0.480 e. The molecule has 12 nitrogen and oxygen atoms in total. The van der Waals surface area contributed by atoms with Crippen molar-refractivity contribution in [2.24, 2.45) is 32.9 Å². The van der Waals surface area contributed by atoms with E-state index in [1.165, 1.54) is 0 Å². The molecular weight excluding hydrogens is 320 g/mol. The molecule has 0 aliphatic carbocycles. The summed E-state index contributed by atoms with van der Waals surface area (Å²) in [6.07, 6.45) is 0.694. The van der Waals surface area contributed by atoms with E-state index < -0.39 is 24.0 Å². The molecule has 0 radical (unpaired) electrons. The zero-order valence-electron chi connectivity index (χ0n) is 13.1. The Morgan fingerprint density at radius 3 is 1.50 bits per heavy atom. The van der Waals surface area contributed by atoms with Gasteiger partial charge in [-0.05, 0) is 12.8 Å². The van der Waals surface area contributed by atoms with E-state index in [-0.39, 0.29) is 12.1 Å². The van der Waals surface area contributed by atoms with Gasteiger partial charge in [0, 0.05) is 0 Å². The van der Waals surface area contributed by atoms with Crippen molar-refractivity contribution in [3.63, 3.8) is 0 Å². The van der Waals surface area contributed by atoms with Crippen LogP contribution in [0.1, 0.15) is 12.8 Å². The Bertz CT molecular complexity index is 477. The number of guanidine groups is 2. The largest absolute Gasteiger partial charge is 0.480 e. The van der Waals surface area contributed by atoms with Gasteiger partial charge in [0.2, 0.25) is 0 Å². The third-order valence-electron chi connectivity index (χ3n) is 3.38. The fourth-order valence-corrected chi connectivity index (χ4v) is 2.10. The second-order valence-electron chi connectivity index (χ2n) is 5.50. The van der Waals surface area contributed by atoms with Gasteiger partial charge in [-0.25, -0.2) is 0 Å². The number of carbonyl (C=O) groups is 2. The predicted molar refractivity (Wildman–Crippen MR) is 87.3 cm³/mol. The summed E-state index contributed by atoms with van der Waals surface area (Å²) in [4.78, 5) is 28.4. The molecule has 4 atom stereocenters. The fraction of sp³-hybridized carbons (Fsp3) is 0.667. The summed E-state index contributed by atoms with van der Waals surface area (Å²) in [6, 6.07) is -1.75. The molecular formula is C12H24N8O4. The van der Waals surface area contributed by atoms with Crippen LogP contribution in [0.25, 0.3) is 0 Å². The van der Waals surface area contributed by atoms with Gasteiger partial charge in [-0.2, -0.15) is 0 Å². The first-order valence-electron chi connectivity index (χ1n) is 7.28. The number of hydrogen-bond acceptors (Lipinski definition) is 10. The van der Waals surface area contributed by atoms with Gasteiger partial charge in [-0.3, -0.25) is 19.6 Å². The molecule has 0 amide bonds. The number of aliphatic imine (C=N–C) groups is 2. The Labute approximate surface area is 138 Å². The molecule has 0 aromatic carbocycles. The van der Waals surface area contributed by atoms with Gasteiger partial charge >= 0.3 is 11.9 Å². The average molecular weight is 344 g/mol. The number of nitrogens with two attached hydrogens (primary N) is 4. The second-order valence-corrected chi connectivity index (χ2v) is 5.50. The third kappa shape index (κ3) is 6.66. The number of aliphatic carboxylic acids is 2. The van der Waals surface area contributed by atoms with Gasteiger partial charge in [0.15, 0.2) is 11.9 Å². The topological polar surface area (TPSA) is 227 Å². The summed E-state index contributed by atoms with van der Waals surface area (Å²) in [7, 11) is 0. The molecule has 136 valence electrons. The first-order chi connectivity index (χ1) is 11.2.